The summed E-state index contributed by atoms with van der Waals surface area (Å²) in [7, 11) is 0. The van der Waals surface area contributed by atoms with E-state index in [0.29, 0.717) is 16.8 Å². The van der Waals surface area contributed by atoms with Crippen molar-refractivity contribution in [3.8, 4) is 0 Å². The molecule has 4 N–H and O–H groups in total. The number of unbranched alkanes of at least 4 members (excludes halogenated alkanes) is 1. The van der Waals surface area contributed by atoms with Gasteiger partial charge < -0.3 is 15.4 Å². The Bertz CT molecular complexity index is 530. The Morgan fingerprint density at radius 1 is 1.17 bits per heavy atom. The van der Waals surface area contributed by atoms with Crippen molar-refractivity contribution in [2.45, 2.75) is 45.1 Å². The molecule has 0 aromatic heterocycles. The van der Waals surface area contributed by atoms with Crippen molar-refractivity contribution in [3.63, 3.8) is 0 Å². The standard InChI is InChI=1S/C17H26N4OS2/c1-2-3-5-13-7-9-14(10-8-13)19-17(24)21-20-16(23)18-12-15-6-4-11-22-15/h7-10,15H,2-6,11-12H2,1H3,(H2,18,20,23)(H2,19,21,24)/t15-/m1/s1. The van der Waals surface area contributed by atoms with Crippen molar-refractivity contribution < 1.29 is 4.74 Å². The van der Waals surface area contributed by atoms with Crippen LogP contribution in [0.25, 0.3) is 0 Å². The zero-order valence-corrected chi connectivity index (χ0v) is 15.7. The highest BCUT2D eigenvalue weighted by Crippen LogP contribution is 2.12. The van der Waals surface area contributed by atoms with Crippen LogP contribution in [0.3, 0.4) is 0 Å². The second-order valence-corrected chi connectivity index (χ2v) is 6.67. The van der Waals surface area contributed by atoms with Gasteiger partial charge in [0.1, 0.15) is 0 Å². The van der Waals surface area contributed by atoms with Crippen molar-refractivity contribution in [3.05, 3.63) is 29.8 Å². The molecule has 0 radical (unpaired) electrons. The van der Waals surface area contributed by atoms with Crippen molar-refractivity contribution in [1.82, 2.24) is 16.2 Å². The summed E-state index contributed by atoms with van der Waals surface area (Å²) < 4.78 is 5.53. The van der Waals surface area contributed by atoms with Crippen molar-refractivity contribution >= 4 is 40.3 Å². The minimum absolute atomic E-state index is 0.251. The largest absolute Gasteiger partial charge is 0.376 e. The summed E-state index contributed by atoms with van der Waals surface area (Å²) in [4.78, 5) is 0. The highest BCUT2D eigenvalue weighted by atomic mass is 32.1. The van der Waals surface area contributed by atoms with Gasteiger partial charge in [0.25, 0.3) is 0 Å². The molecule has 0 unspecified atom stereocenters. The van der Waals surface area contributed by atoms with Crippen LogP contribution in [0.2, 0.25) is 0 Å². The Labute approximate surface area is 154 Å². The van der Waals surface area contributed by atoms with Gasteiger partial charge in [0.15, 0.2) is 10.2 Å². The summed E-state index contributed by atoms with van der Waals surface area (Å²) in [6.45, 7) is 3.76. The zero-order chi connectivity index (χ0) is 17.2. The Hall–Kier alpha value is -1.44. The Morgan fingerprint density at radius 3 is 2.58 bits per heavy atom. The van der Waals surface area contributed by atoms with Crippen molar-refractivity contribution in [2.24, 2.45) is 0 Å². The minimum Gasteiger partial charge on any atom is -0.376 e. The van der Waals surface area contributed by atoms with Crippen LogP contribution in [0.1, 0.15) is 38.2 Å². The summed E-state index contributed by atoms with van der Waals surface area (Å²) in [6, 6.07) is 8.32. The average Bonchev–Trinajstić information content (AvgIpc) is 3.11. The fourth-order valence-corrected chi connectivity index (χ4v) is 2.77. The molecule has 1 atom stereocenters. The summed E-state index contributed by atoms with van der Waals surface area (Å²) in [5.74, 6) is 0. The van der Waals surface area contributed by atoms with Gasteiger partial charge in [0, 0.05) is 18.8 Å². The molecule has 24 heavy (non-hydrogen) atoms. The molecule has 0 saturated carbocycles. The van der Waals surface area contributed by atoms with E-state index in [9.17, 15) is 0 Å². The second kappa shape index (κ2) is 10.4. The fourth-order valence-electron chi connectivity index (χ4n) is 2.47. The predicted octanol–water partition coefficient (Wildman–Crippen LogP) is 2.87. The van der Waals surface area contributed by atoms with Crippen LogP contribution in [-0.4, -0.2) is 29.5 Å². The first-order chi connectivity index (χ1) is 11.7. The predicted molar refractivity (Wildman–Crippen MR) is 107 cm³/mol. The number of hydrazine groups is 1. The highest BCUT2D eigenvalue weighted by molar-refractivity contribution is 7.80. The van der Waals surface area contributed by atoms with E-state index in [-0.39, 0.29) is 6.10 Å². The van der Waals surface area contributed by atoms with E-state index in [1.807, 2.05) is 12.1 Å². The van der Waals surface area contributed by atoms with Crippen LogP contribution in [0.5, 0.6) is 0 Å². The van der Waals surface area contributed by atoms with Gasteiger partial charge in [-0.2, -0.15) is 0 Å². The smallest absolute Gasteiger partial charge is 0.189 e. The van der Waals surface area contributed by atoms with Crippen LogP contribution in [0.4, 0.5) is 5.69 Å². The van der Waals surface area contributed by atoms with E-state index in [2.05, 4.69) is 40.5 Å². The van der Waals surface area contributed by atoms with Crippen LogP contribution < -0.4 is 21.5 Å². The summed E-state index contributed by atoms with van der Waals surface area (Å²) in [6.07, 6.45) is 5.99. The molecule has 0 aliphatic carbocycles. The van der Waals surface area contributed by atoms with Crippen molar-refractivity contribution in [1.29, 1.82) is 0 Å². The van der Waals surface area contributed by atoms with Crippen LogP contribution >= 0.6 is 24.4 Å². The number of anilines is 1. The molecular weight excluding hydrogens is 340 g/mol. The van der Waals surface area contributed by atoms with E-state index in [0.717, 1.165) is 31.6 Å². The number of hydrogen-bond acceptors (Lipinski definition) is 3. The molecule has 0 bridgehead atoms. The van der Waals surface area contributed by atoms with Gasteiger partial charge in [0.05, 0.1) is 6.10 Å². The first-order valence-electron chi connectivity index (χ1n) is 8.48. The maximum atomic E-state index is 5.53. The number of benzene rings is 1. The quantitative estimate of drug-likeness (QED) is 0.456. The van der Waals surface area contributed by atoms with Gasteiger partial charge in [-0.15, -0.1) is 0 Å². The molecule has 132 valence electrons. The number of hydrogen-bond donors (Lipinski definition) is 4. The highest BCUT2D eigenvalue weighted by Gasteiger charge is 2.15. The monoisotopic (exact) mass is 366 g/mol. The third-order valence-electron chi connectivity index (χ3n) is 3.83. The molecule has 2 rings (SSSR count). The third kappa shape index (κ3) is 6.98. The molecule has 1 aromatic rings. The number of ether oxygens (including phenoxy) is 1. The normalized spacial score (nSPS) is 16.5. The molecule has 0 spiro atoms. The number of nitrogens with one attached hydrogen (secondary N) is 4. The van der Waals surface area contributed by atoms with Gasteiger partial charge in [-0.3, -0.25) is 10.9 Å². The second-order valence-electron chi connectivity index (χ2n) is 5.85. The molecule has 1 fully saturated rings. The fraction of sp³-hybridized carbons (Fsp3) is 0.529. The lowest BCUT2D eigenvalue weighted by Gasteiger charge is -2.16. The molecular formula is C17H26N4OS2. The Morgan fingerprint density at radius 2 is 1.92 bits per heavy atom. The topological polar surface area (TPSA) is 57.3 Å². The Kier molecular flexibility index (Phi) is 8.21. The maximum Gasteiger partial charge on any atom is 0.189 e. The lowest BCUT2D eigenvalue weighted by atomic mass is 10.1. The lowest BCUT2D eigenvalue weighted by Crippen LogP contribution is -2.49. The average molecular weight is 367 g/mol. The first kappa shape index (κ1) is 18.9. The van der Waals surface area contributed by atoms with Crippen LogP contribution in [0, 0.1) is 0 Å². The van der Waals surface area contributed by atoms with E-state index >= 15 is 0 Å². The van der Waals surface area contributed by atoms with Gasteiger partial charge in [-0.1, -0.05) is 25.5 Å². The van der Waals surface area contributed by atoms with E-state index in [4.69, 9.17) is 29.2 Å². The summed E-state index contributed by atoms with van der Waals surface area (Å²) in [5, 5.41) is 7.21. The molecule has 1 aliphatic rings. The van der Waals surface area contributed by atoms with E-state index < -0.39 is 0 Å². The third-order valence-corrected chi connectivity index (χ3v) is 4.29. The van der Waals surface area contributed by atoms with E-state index in [1.165, 1.54) is 18.4 Å². The van der Waals surface area contributed by atoms with Crippen molar-refractivity contribution in [2.75, 3.05) is 18.5 Å². The van der Waals surface area contributed by atoms with Gasteiger partial charge in [-0.05, 0) is 67.8 Å². The molecule has 1 heterocycles. The molecule has 7 heteroatoms. The zero-order valence-electron chi connectivity index (χ0n) is 14.1. The molecule has 0 amide bonds. The minimum atomic E-state index is 0.251. The maximum absolute atomic E-state index is 5.53. The summed E-state index contributed by atoms with van der Waals surface area (Å²) in [5.41, 5.74) is 8.06. The molecule has 5 nitrogen and oxygen atoms in total. The van der Waals surface area contributed by atoms with E-state index in [1.54, 1.807) is 0 Å². The van der Waals surface area contributed by atoms with Crippen LogP contribution in [-0.2, 0) is 11.2 Å². The Balaban J connectivity index is 1.64. The molecule has 1 aromatic carbocycles. The van der Waals surface area contributed by atoms with Gasteiger partial charge in [-0.25, -0.2) is 0 Å². The van der Waals surface area contributed by atoms with Gasteiger partial charge in [0.2, 0.25) is 0 Å². The number of rotatable bonds is 6. The number of aryl methyl sites for hydroxylation is 1. The first-order valence-corrected chi connectivity index (χ1v) is 9.30. The molecule has 1 aliphatic heterocycles. The summed E-state index contributed by atoms with van der Waals surface area (Å²) >= 11 is 10.5. The number of thiocarbonyl (C=S) groups is 2. The van der Waals surface area contributed by atoms with Crippen LogP contribution in [0.15, 0.2) is 24.3 Å². The SMILES string of the molecule is CCCCc1ccc(NC(=S)NNC(=S)NC[C@H]2CCCO2)cc1. The lowest BCUT2D eigenvalue weighted by molar-refractivity contribution is 0.114. The molecule has 1 saturated heterocycles. The van der Waals surface area contributed by atoms with Gasteiger partial charge >= 0.3 is 0 Å².